The molecule has 162 valence electrons. The molecule has 7 nitrogen and oxygen atoms in total. The lowest BCUT2D eigenvalue weighted by atomic mass is 10.1. The molecule has 9 heteroatoms. The molecule has 5 rings (SSSR count). The smallest absolute Gasteiger partial charge is 0.328 e. The molecule has 1 N–H and O–H groups in total. The minimum atomic E-state index is -0.437. The predicted octanol–water partition coefficient (Wildman–Crippen LogP) is 3.29. The highest BCUT2D eigenvalue weighted by molar-refractivity contribution is 9.10. The summed E-state index contributed by atoms with van der Waals surface area (Å²) < 4.78 is 1.02. The van der Waals surface area contributed by atoms with Gasteiger partial charge in [0.2, 0.25) is 0 Å². The van der Waals surface area contributed by atoms with E-state index >= 15 is 0 Å². The minimum absolute atomic E-state index is 0.149. The summed E-state index contributed by atoms with van der Waals surface area (Å²) in [4.78, 5) is 34.1. The third-order valence-corrected chi connectivity index (χ3v) is 7.21. The molecule has 3 aliphatic heterocycles. The third kappa shape index (κ3) is 3.51. The van der Waals surface area contributed by atoms with Gasteiger partial charge in [-0.3, -0.25) is 19.9 Å². The van der Waals surface area contributed by atoms with Crippen molar-refractivity contribution in [1.29, 1.82) is 0 Å². The zero-order valence-electron chi connectivity index (χ0n) is 17.0. The van der Waals surface area contributed by atoms with Crippen LogP contribution in [-0.4, -0.2) is 65.3 Å². The van der Waals surface area contributed by atoms with Crippen molar-refractivity contribution in [3.63, 3.8) is 0 Å². The fraction of sp³-hybridized carbons (Fsp3) is 0.364. The first-order valence-electron chi connectivity index (χ1n) is 10.3. The van der Waals surface area contributed by atoms with Gasteiger partial charge in [0, 0.05) is 35.3 Å². The highest BCUT2D eigenvalue weighted by Gasteiger charge is 2.56. The number of nitrogens with zero attached hydrogens (tertiary/aromatic N) is 4. The van der Waals surface area contributed by atoms with E-state index in [1.54, 1.807) is 18.0 Å². The second kappa shape index (κ2) is 8.09. The molecule has 3 aliphatic rings. The molecule has 3 unspecified atom stereocenters. The van der Waals surface area contributed by atoms with Crippen LogP contribution in [0.3, 0.4) is 0 Å². The summed E-state index contributed by atoms with van der Waals surface area (Å²) in [6.07, 6.45) is 0.417. The summed E-state index contributed by atoms with van der Waals surface area (Å²) >= 11 is 9.79. The van der Waals surface area contributed by atoms with Crippen molar-refractivity contribution in [2.24, 2.45) is 0 Å². The second-order valence-corrected chi connectivity index (χ2v) is 9.42. The van der Waals surface area contributed by atoms with Crippen LogP contribution in [0, 0.1) is 0 Å². The van der Waals surface area contributed by atoms with Gasteiger partial charge in [0.25, 0.3) is 5.91 Å². The van der Waals surface area contributed by atoms with Gasteiger partial charge in [0.05, 0.1) is 6.54 Å². The topological polar surface area (TPSA) is 59.1 Å². The first-order chi connectivity index (χ1) is 15.0. The Balaban J connectivity index is 1.44. The molecule has 31 heavy (non-hydrogen) atoms. The van der Waals surface area contributed by atoms with Crippen molar-refractivity contribution >= 4 is 45.2 Å². The SMILES string of the molecule is CN1C(=O)N(Cc2ccccc2Cl)C(=O)C2C1NC1N(c3ccc(Br)cc3)CCCN21. The molecule has 0 aliphatic carbocycles. The van der Waals surface area contributed by atoms with E-state index in [2.05, 4.69) is 43.2 Å². The maximum atomic E-state index is 13.6. The maximum absolute atomic E-state index is 13.6. The van der Waals surface area contributed by atoms with Gasteiger partial charge in [-0.05, 0) is 42.3 Å². The molecule has 0 aromatic heterocycles. The Bertz CT molecular complexity index is 1020. The van der Waals surface area contributed by atoms with Gasteiger partial charge in [0.15, 0.2) is 0 Å². The largest absolute Gasteiger partial charge is 0.343 e. The Hall–Kier alpha value is -2.13. The lowest BCUT2D eigenvalue weighted by molar-refractivity contribution is -0.139. The Kier molecular flexibility index (Phi) is 5.42. The molecule has 0 radical (unpaired) electrons. The fourth-order valence-electron chi connectivity index (χ4n) is 4.76. The van der Waals surface area contributed by atoms with E-state index in [-0.39, 0.29) is 30.9 Å². The summed E-state index contributed by atoms with van der Waals surface area (Å²) in [5, 5.41) is 4.09. The van der Waals surface area contributed by atoms with Crippen molar-refractivity contribution in [3.05, 3.63) is 63.6 Å². The zero-order chi connectivity index (χ0) is 21.7. The van der Waals surface area contributed by atoms with Crippen LogP contribution in [0.4, 0.5) is 10.5 Å². The van der Waals surface area contributed by atoms with Crippen LogP contribution < -0.4 is 10.2 Å². The molecule has 3 heterocycles. The van der Waals surface area contributed by atoms with Crippen LogP contribution in [0.1, 0.15) is 12.0 Å². The number of halogens is 2. The van der Waals surface area contributed by atoms with Crippen molar-refractivity contribution in [3.8, 4) is 0 Å². The lowest BCUT2D eigenvalue weighted by Gasteiger charge is -2.44. The molecule has 2 aromatic carbocycles. The van der Waals surface area contributed by atoms with Gasteiger partial charge in [-0.2, -0.15) is 0 Å². The van der Waals surface area contributed by atoms with E-state index < -0.39 is 6.04 Å². The summed E-state index contributed by atoms with van der Waals surface area (Å²) in [6.45, 7) is 1.84. The van der Waals surface area contributed by atoms with Crippen molar-refractivity contribution in [2.45, 2.75) is 31.5 Å². The number of urea groups is 1. The van der Waals surface area contributed by atoms with Gasteiger partial charge in [-0.15, -0.1) is 0 Å². The van der Waals surface area contributed by atoms with Crippen LogP contribution in [0.2, 0.25) is 5.02 Å². The summed E-state index contributed by atoms with van der Waals surface area (Å²) in [5.74, 6) is -0.180. The highest BCUT2D eigenvalue weighted by atomic mass is 79.9. The number of hydrogen-bond acceptors (Lipinski definition) is 5. The number of benzene rings is 2. The van der Waals surface area contributed by atoms with Crippen LogP contribution in [-0.2, 0) is 11.3 Å². The third-order valence-electron chi connectivity index (χ3n) is 6.31. The molecule has 3 amide bonds. The predicted molar refractivity (Wildman–Crippen MR) is 122 cm³/mol. The standard InChI is InChI=1S/C22H23BrClN5O2/c1-26-19-18(20(30)29(22(26)31)13-14-5-2-3-6-17(14)24)28-12-4-11-27(21(28)25-19)16-9-7-15(23)8-10-16/h2-3,5-10,18-19,21,25H,4,11-13H2,1H3. The first-order valence-corrected chi connectivity index (χ1v) is 11.5. The Morgan fingerprint density at radius 2 is 1.84 bits per heavy atom. The van der Waals surface area contributed by atoms with Crippen molar-refractivity contribution < 1.29 is 9.59 Å². The van der Waals surface area contributed by atoms with E-state index in [1.807, 2.05) is 30.3 Å². The number of imide groups is 1. The molecule has 0 bridgehead atoms. The summed E-state index contributed by atoms with van der Waals surface area (Å²) in [6, 6.07) is 14.7. The number of anilines is 1. The zero-order valence-corrected chi connectivity index (χ0v) is 19.4. The average molecular weight is 505 g/mol. The molecule has 0 saturated carbocycles. The molecule has 2 aromatic rings. The number of carbonyl (C=O) groups excluding carboxylic acids is 2. The number of amides is 3. The van der Waals surface area contributed by atoms with Crippen molar-refractivity contribution in [1.82, 2.24) is 20.0 Å². The van der Waals surface area contributed by atoms with Crippen LogP contribution in [0.15, 0.2) is 53.0 Å². The highest BCUT2D eigenvalue weighted by Crippen LogP contribution is 2.34. The molecule has 0 spiro atoms. The average Bonchev–Trinajstić information content (AvgIpc) is 3.17. The van der Waals surface area contributed by atoms with E-state index in [9.17, 15) is 9.59 Å². The maximum Gasteiger partial charge on any atom is 0.328 e. The Morgan fingerprint density at radius 3 is 2.58 bits per heavy atom. The van der Waals surface area contributed by atoms with Gasteiger partial charge in [0.1, 0.15) is 18.5 Å². The van der Waals surface area contributed by atoms with E-state index in [0.29, 0.717) is 5.02 Å². The second-order valence-electron chi connectivity index (χ2n) is 8.10. The van der Waals surface area contributed by atoms with Crippen LogP contribution >= 0.6 is 27.5 Å². The number of likely N-dealkylation sites (N-methyl/N-ethyl adjacent to an activating group) is 1. The monoisotopic (exact) mass is 503 g/mol. The summed E-state index contributed by atoms with van der Waals surface area (Å²) in [7, 11) is 1.75. The Labute approximate surface area is 194 Å². The molecule has 3 atom stereocenters. The quantitative estimate of drug-likeness (QED) is 0.695. The number of nitrogens with one attached hydrogen (secondary N) is 1. The normalized spacial score (nSPS) is 26.3. The van der Waals surface area contributed by atoms with E-state index in [1.165, 1.54) is 4.90 Å². The molecular weight excluding hydrogens is 482 g/mol. The van der Waals surface area contributed by atoms with Gasteiger partial charge < -0.3 is 9.80 Å². The fourth-order valence-corrected chi connectivity index (χ4v) is 5.22. The summed E-state index contributed by atoms with van der Waals surface area (Å²) in [5.41, 5.74) is 1.84. The van der Waals surface area contributed by atoms with Crippen LogP contribution in [0.25, 0.3) is 0 Å². The van der Waals surface area contributed by atoms with Crippen LogP contribution in [0.5, 0.6) is 0 Å². The first kappa shape index (κ1) is 20.8. The Morgan fingerprint density at radius 1 is 1.10 bits per heavy atom. The number of fused-ring (bicyclic) bond motifs is 3. The van der Waals surface area contributed by atoms with Crippen molar-refractivity contribution in [2.75, 3.05) is 25.0 Å². The lowest BCUT2D eigenvalue weighted by Crippen LogP contribution is -2.66. The number of carbonyl (C=O) groups is 2. The van der Waals surface area contributed by atoms with E-state index in [4.69, 9.17) is 11.6 Å². The molecule has 3 saturated heterocycles. The minimum Gasteiger partial charge on any atom is -0.343 e. The number of hydrogen-bond donors (Lipinski definition) is 1. The van der Waals surface area contributed by atoms with Gasteiger partial charge in [-0.1, -0.05) is 45.7 Å². The van der Waals surface area contributed by atoms with E-state index in [0.717, 1.165) is 35.2 Å². The van der Waals surface area contributed by atoms with Gasteiger partial charge in [-0.25, -0.2) is 4.79 Å². The molecule has 3 fully saturated rings. The molecular formula is C22H23BrClN5O2. The van der Waals surface area contributed by atoms with Gasteiger partial charge >= 0.3 is 6.03 Å². The number of rotatable bonds is 3.